The Bertz CT molecular complexity index is 475. The van der Waals surface area contributed by atoms with Crippen molar-refractivity contribution in [2.24, 2.45) is 11.8 Å². The topological polar surface area (TPSA) is 41.1 Å². The van der Waals surface area contributed by atoms with Gasteiger partial charge in [0.2, 0.25) is 5.91 Å². The maximum Gasteiger partial charge on any atom is 0.224 e. The molecule has 1 saturated heterocycles. The Morgan fingerprint density at radius 2 is 2.40 bits per heavy atom. The van der Waals surface area contributed by atoms with Crippen LogP contribution >= 0.6 is 15.9 Å². The molecule has 0 aromatic heterocycles. The quantitative estimate of drug-likeness (QED) is 0.878. The van der Waals surface area contributed by atoms with Crippen LogP contribution in [-0.4, -0.2) is 19.0 Å². The fourth-order valence-corrected chi connectivity index (χ4v) is 2.96. The van der Waals surface area contributed by atoms with Crippen molar-refractivity contribution in [1.82, 2.24) is 5.32 Å². The lowest BCUT2D eigenvalue weighted by atomic mass is 9.85. The summed E-state index contributed by atoms with van der Waals surface area (Å²) in [5, 5.41) is 6.14. The molecule has 0 spiro atoms. The smallest absolute Gasteiger partial charge is 0.224 e. The van der Waals surface area contributed by atoms with Crippen molar-refractivity contribution in [2.45, 2.75) is 26.2 Å². The molecular weight excluding hydrogens is 323 g/mol. The Morgan fingerprint density at radius 1 is 1.60 bits per heavy atom. The number of carbonyl (C=O) groups is 1. The molecular formula is C15H20BrFN2O. The van der Waals surface area contributed by atoms with Crippen molar-refractivity contribution in [3.05, 3.63) is 28.5 Å². The molecule has 110 valence electrons. The second-order valence-corrected chi connectivity index (χ2v) is 6.31. The number of carbonyl (C=O) groups excluding carboxylic acids is 1. The first-order chi connectivity index (χ1) is 9.56. The van der Waals surface area contributed by atoms with Gasteiger partial charge in [0.1, 0.15) is 5.82 Å². The Hall–Kier alpha value is -0.940. The first-order valence-electron chi connectivity index (χ1n) is 7.02. The lowest BCUT2D eigenvalue weighted by molar-refractivity contribution is -0.117. The van der Waals surface area contributed by atoms with Gasteiger partial charge in [-0.15, -0.1) is 0 Å². The van der Waals surface area contributed by atoms with E-state index >= 15 is 0 Å². The summed E-state index contributed by atoms with van der Waals surface area (Å²) >= 11 is 3.31. The summed E-state index contributed by atoms with van der Waals surface area (Å²) in [5.41, 5.74) is 0.490. The van der Waals surface area contributed by atoms with E-state index in [1.807, 2.05) is 0 Å². The number of piperidine rings is 1. The van der Waals surface area contributed by atoms with E-state index < -0.39 is 0 Å². The summed E-state index contributed by atoms with van der Waals surface area (Å²) in [6.07, 6.45) is 2.81. The highest BCUT2D eigenvalue weighted by atomic mass is 79.9. The van der Waals surface area contributed by atoms with E-state index in [0.29, 0.717) is 28.4 Å². The van der Waals surface area contributed by atoms with Crippen LogP contribution in [0.25, 0.3) is 0 Å². The maximum absolute atomic E-state index is 13.2. The molecule has 0 bridgehead atoms. The molecule has 20 heavy (non-hydrogen) atoms. The third-order valence-corrected chi connectivity index (χ3v) is 4.54. The largest absolute Gasteiger partial charge is 0.325 e. The number of nitrogens with one attached hydrogen (secondary N) is 2. The van der Waals surface area contributed by atoms with Gasteiger partial charge in [0.05, 0.1) is 5.69 Å². The van der Waals surface area contributed by atoms with E-state index in [1.54, 1.807) is 6.07 Å². The monoisotopic (exact) mass is 342 g/mol. The molecule has 1 heterocycles. The Labute approximate surface area is 127 Å². The van der Waals surface area contributed by atoms with Crippen LogP contribution in [0.1, 0.15) is 26.2 Å². The van der Waals surface area contributed by atoms with Gasteiger partial charge in [-0.1, -0.05) is 6.92 Å². The normalized spacial score (nSPS) is 20.4. The molecule has 0 aliphatic carbocycles. The average molecular weight is 343 g/mol. The van der Waals surface area contributed by atoms with Gasteiger partial charge < -0.3 is 10.6 Å². The van der Waals surface area contributed by atoms with Crippen LogP contribution in [-0.2, 0) is 4.79 Å². The molecule has 2 N–H and O–H groups in total. The lowest BCUT2D eigenvalue weighted by Gasteiger charge is -2.28. The zero-order chi connectivity index (χ0) is 14.5. The van der Waals surface area contributed by atoms with Crippen LogP contribution in [0.15, 0.2) is 22.7 Å². The third kappa shape index (κ3) is 4.28. The fraction of sp³-hybridized carbons (Fsp3) is 0.533. The first kappa shape index (κ1) is 15.4. The van der Waals surface area contributed by atoms with Crippen LogP contribution in [0.4, 0.5) is 10.1 Å². The van der Waals surface area contributed by atoms with Gasteiger partial charge in [0, 0.05) is 10.9 Å². The van der Waals surface area contributed by atoms with Gasteiger partial charge in [-0.05, 0) is 71.9 Å². The molecule has 0 saturated carbocycles. The summed E-state index contributed by atoms with van der Waals surface area (Å²) in [4.78, 5) is 12.1. The third-order valence-electron chi connectivity index (χ3n) is 3.85. The number of amides is 1. The van der Waals surface area contributed by atoms with Crippen molar-refractivity contribution < 1.29 is 9.18 Å². The highest BCUT2D eigenvalue weighted by Gasteiger charge is 2.22. The molecule has 3 nitrogen and oxygen atoms in total. The van der Waals surface area contributed by atoms with Crippen LogP contribution in [0.2, 0.25) is 0 Å². The molecule has 2 atom stereocenters. The van der Waals surface area contributed by atoms with E-state index in [4.69, 9.17) is 0 Å². The van der Waals surface area contributed by atoms with E-state index in [0.717, 1.165) is 13.1 Å². The molecule has 2 rings (SSSR count). The molecule has 5 heteroatoms. The zero-order valence-electron chi connectivity index (χ0n) is 11.6. The predicted octanol–water partition coefficient (Wildman–Crippen LogP) is 3.55. The van der Waals surface area contributed by atoms with Gasteiger partial charge in [-0.25, -0.2) is 4.39 Å². The van der Waals surface area contributed by atoms with Crippen LogP contribution < -0.4 is 10.6 Å². The fourth-order valence-electron chi connectivity index (χ4n) is 2.62. The average Bonchev–Trinajstić information content (AvgIpc) is 2.43. The molecule has 0 radical (unpaired) electrons. The van der Waals surface area contributed by atoms with Crippen LogP contribution in [0.3, 0.4) is 0 Å². The second-order valence-electron chi connectivity index (χ2n) is 5.46. The molecule has 1 aromatic rings. The Kier molecular flexibility index (Phi) is 5.54. The minimum absolute atomic E-state index is 0.0608. The van der Waals surface area contributed by atoms with Crippen LogP contribution in [0.5, 0.6) is 0 Å². The first-order valence-corrected chi connectivity index (χ1v) is 7.81. The van der Waals surface area contributed by atoms with Crippen molar-refractivity contribution in [3.8, 4) is 0 Å². The van der Waals surface area contributed by atoms with Crippen molar-refractivity contribution in [3.63, 3.8) is 0 Å². The predicted molar refractivity (Wildman–Crippen MR) is 82.1 cm³/mol. The van der Waals surface area contributed by atoms with Crippen molar-refractivity contribution in [2.75, 3.05) is 18.4 Å². The van der Waals surface area contributed by atoms with E-state index in [2.05, 4.69) is 33.5 Å². The number of benzene rings is 1. The van der Waals surface area contributed by atoms with Gasteiger partial charge in [-0.3, -0.25) is 4.79 Å². The zero-order valence-corrected chi connectivity index (χ0v) is 13.2. The molecule has 1 aliphatic rings. The van der Waals surface area contributed by atoms with E-state index in [9.17, 15) is 9.18 Å². The number of rotatable bonds is 4. The number of hydrogen-bond donors (Lipinski definition) is 2. The summed E-state index contributed by atoms with van der Waals surface area (Å²) < 4.78 is 13.9. The molecule has 1 fully saturated rings. The Balaban J connectivity index is 1.89. The Morgan fingerprint density at radius 3 is 3.10 bits per heavy atom. The van der Waals surface area contributed by atoms with Crippen LogP contribution in [0, 0.1) is 17.7 Å². The SMILES string of the molecule is CC(CC(=O)Nc1cc(F)ccc1Br)C1CCCNC1. The highest BCUT2D eigenvalue weighted by molar-refractivity contribution is 9.10. The summed E-state index contributed by atoms with van der Waals surface area (Å²) in [7, 11) is 0. The number of anilines is 1. The standard InChI is InChI=1S/C15H20BrFN2O/c1-10(11-3-2-6-18-9-11)7-15(20)19-14-8-12(17)4-5-13(14)16/h4-5,8,10-11,18H,2-3,6-7,9H2,1H3,(H,19,20). The highest BCUT2D eigenvalue weighted by Crippen LogP contribution is 2.26. The molecule has 1 amide bonds. The second kappa shape index (κ2) is 7.18. The van der Waals surface area contributed by atoms with Crippen molar-refractivity contribution in [1.29, 1.82) is 0 Å². The van der Waals surface area contributed by atoms with Gasteiger partial charge in [-0.2, -0.15) is 0 Å². The molecule has 1 aliphatic heterocycles. The maximum atomic E-state index is 13.2. The number of hydrogen-bond acceptors (Lipinski definition) is 2. The van der Waals surface area contributed by atoms with Gasteiger partial charge in [0.15, 0.2) is 0 Å². The van der Waals surface area contributed by atoms with E-state index in [1.165, 1.54) is 25.0 Å². The molecule has 2 unspecified atom stereocenters. The van der Waals surface area contributed by atoms with Crippen molar-refractivity contribution >= 4 is 27.5 Å². The lowest BCUT2D eigenvalue weighted by Crippen LogP contribution is -2.34. The van der Waals surface area contributed by atoms with E-state index in [-0.39, 0.29) is 11.7 Å². The number of halogens is 2. The van der Waals surface area contributed by atoms with Gasteiger partial charge in [0.25, 0.3) is 0 Å². The molecule has 1 aromatic carbocycles. The summed E-state index contributed by atoms with van der Waals surface area (Å²) in [6, 6.07) is 4.28. The minimum atomic E-state index is -0.354. The van der Waals surface area contributed by atoms with Gasteiger partial charge >= 0.3 is 0 Å². The summed E-state index contributed by atoms with van der Waals surface area (Å²) in [6.45, 7) is 4.17. The minimum Gasteiger partial charge on any atom is -0.325 e. The summed E-state index contributed by atoms with van der Waals surface area (Å²) in [5.74, 6) is 0.461.